The molecule has 6 rings (SSSR count). The van der Waals surface area contributed by atoms with E-state index in [2.05, 4.69) is 106 Å². The lowest BCUT2D eigenvalue weighted by molar-refractivity contribution is 0.0364. The topological polar surface area (TPSA) is 64.3 Å². The smallest absolute Gasteiger partial charge is 0.268 e. The van der Waals surface area contributed by atoms with Crippen LogP contribution in [0.1, 0.15) is 50.6 Å². The molecule has 1 saturated heterocycles. The summed E-state index contributed by atoms with van der Waals surface area (Å²) in [5.41, 5.74) is 7.71. The summed E-state index contributed by atoms with van der Waals surface area (Å²) in [6, 6.07) is 26.1. The van der Waals surface area contributed by atoms with Crippen LogP contribution in [-0.4, -0.2) is 64.3 Å². The first-order valence-electron chi connectivity index (χ1n) is 15.4. The third kappa shape index (κ3) is 6.58. The zero-order valence-electron chi connectivity index (χ0n) is 25.2. The predicted molar refractivity (Wildman–Crippen MR) is 172 cm³/mol. The van der Waals surface area contributed by atoms with Crippen molar-refractivity contribution in [3.63, 3.8) is 0 Å². The van der Waals surface area contributed by atoms with E-state index in [1.165, 1.54) is 22.3 Å². The van der Waals surface area contributed by atoms with Crippen LogP contribution in [0.5, 0.6) is 0 Å². The molecule has 3 aromatic carbocycles. The molecule has 3 heterocycles. The molecule has 0 saturated carbocycles. The molecule has 5 aromatic rings. The van der Waals surface area contributed by atoms with Crippen molar-refractivity contribution in [1.29, 1.82) is 0 Å². The van der Waals surface area contributed by atoms with Crippen LogP contribution >= 0.6 is 0 Å². The first-order valence-corrected chi connectivity index (χ1v) is 15.4. The third-order valence-electron chi connectivity index (χ3n) is 8.52. The number of hydrogen-bond acceptors (Lipinski definition) is 4. The number of carbonyl (C=O) groups is 1. The average molecular weight is 576 g/mol. The summed E-state index contributed by atoms with van der Waals surface area (Å²) in [5.74, 6) is -0.120. The molecule has 0 unspecified atom stereocenters. The Hall–Kier alpha value is -4.20. The van der Waals surface area contributed by atoms with Crippen LogP contribution in [0.15, 0.2) is 91.5 Å². The minimum absolute atomic E-state index is 0.0250. The highest BCUT2D eigenvalue weighted by atomic mass is 16.5. The van der Waals surface area contributed by atoms with Crippen molar-refractivity contribution in [1.82, 2.24) is 24.3 Å². The number of aromatic nitrogens is 3. The maximum atomic E-state index is 14.4. The number of carbonyl (C=O) groups excluding carboxylic acids is 1. The van der Waals surface area contributed by atoms with Crippen molar-refractivity contribution < 1.29 is 9.53 Å². The molecule has 1 N–H and O–H groups in total. The van der Waals surface area contributed by atoms with E-state index in [9.17, 15) is 4.79 Å². The van der Waals surface area contributed by atoms with Gasteiger partial charge in [0.15, 0.2) is 0 Å². The molecule has 222 valence electrons. The van der Waals surface area contributed by atoms with E-state index in [0.29, 0.717) is 6.54 Å². The van der Waals surface area contributed by atoms with Crippen molar-refractivity contribution in [3.05, 3.63) is 125 Å². The highest BCUT2D eigenvalue weighted by Crippen LogP contribution is 2.40. The number of morpholine rings is 1. The van der Waals surface area contributed by atoms with Crippen molar-refractivity contribution in [2.24, 2.45) is 0 Å². The fourth-order valence-electron chi connectivity index (χ4n) is 6.18. The summed E-state index contributed by atoms with van der Waals surface area (Å²) in [6.07, 6.45) is 6.38. The Kier molecular flexibility index (Phi) is 9.01. The molecule has 2 aromatic heterocycles. The van der Waals surface area contributed by atoms with Crippen LogP contribution in [0.25, 0.3) is 10.9 Å². The number of ether oxygens (including phenoxy) is 1. The average Bonchev–Trinajstić information content (AvgIpc) is 3.67. The van der Waals surface area contributed by atoms with Crippen molar-refractivity contribution >= 4 is 16.8 Å². The number of benzene rings is 3. The van der Waals surface area contributed by atoms with Crippen LogP contribution in [0.3, 0.4) is 0 Å². The van der Waals surface area contributed by atoms with E-state index in [0.717, 1.165) is 74.5 Å². The minimum Gasteiger partial charge on any atom is -0.379 e. The van der Waals surface area contributed by atoms with Gasteiger partial charge >= 0.3 is 0 Å². The van der Waals surface area contributed by atoms with Crippen LogP contribution in [0.4, 0.5) is 0 Å². The van der Waals surface area contributed by atoms with E-state index in [1.807, 2.05) is 17.1 Å². The van der Waals surface area contributed by atoms with Crippen LogP contribution < -0.4 is 5.32 Å². The SMILES string of the molecule is Cc1ccc(C(c2ccc(C)cc2)c2c(C(=O)NCCCn3ccnc3)n(CCN3CCOCC3)c3ccccc23)cc1. The fraction of sp³-hybridized carbons (Fsp3) is 0.333. The van der Waals surface area contributed by atoms with Gasteiger partial charge in [-0.05, 0) is 37.5 Å². The Balaban J connectivity index is 1.45. The Morgan fingerprint density at radius 2 is 1.56 bits per heavy atom. The van der Waals surface area contributed by atoms with Gasteiger partial charge in [-0.25, -0.2) is 4.98 Å². The highest BCUT2D eigenvalue weighted by molar-refractivity contribution is 6.02. The zero-order chi connectivity index (χ0) is 29.6. The molecule has 1 amide bonds. The summed E-state index contributed by atoms with van der Waals surface area (Å²) in [5, 5.41) is 4.41. The maximum absolute atomic E-state index is 14.4. The number of para-hydroxylation sites is 1. The molecule has 0 radical (unpaired) electrons. The lowest BCUT2D eigenvalue weighted by Gasteiger charge is -2.27. The van der Waals surface area contributed by atoms with Crippen molar-refractivity contribution in [2.75, 3.05) is 39.4 Å². The molecule has 1 aliphatic heterocycles. The Morgan fingerprint density at radius 1 is 0.884 bits per heavy atom. The van der Waals surface area contributed by atoms with Gasteiger partial charge < -0.3 is 19.2 Å². The molecule has 0 atom stereocenters. The Bertz CT molecular complexity index is 1590. The number of nitrogens with one attached hydrogen (secondary N) is 1. The molecular weight excluding hydrogens is 534 g/mol. The van der Waals surface area contributed by atoms with Crippen molar-refractivity contribution in [3.8, 4) is 0 Å². The summed E-state index contributed by atoms with van der Waals surface area (Å²) < 4.78 is 9.91. The van der Waals surface area contributed by atoms with Crippen LogP contribution in [0.2, 0.25) is 0 Å². The number of rotatable bonds is 11. The second kappa shape index (κ2) is 13.4. The molecule has 7 heteroatoms. The van der Waals surface area contributed by atoms with E-state index in [-0.39, 0.29) is 11.8 Å². The van der Waals surface area contributed by atoms with E-state index >= 15 is 0 Å². The standard InChI is InChI=1S/C36H41N5O2/c1-27-8-12-29(13-9-27)33(30-14-10-28(2)11-15-30)34-31-6-3-4-7-32(31)41(21-20-39-22-24-43-25-23-39)35(34)36(42)38-16-5-18-40-19-17-37-26-40/h3-4,6-15,17,19,26,33H,5,16,18,20-25H2,1-2H3,(H,38,42). The fourth-order valence-corrected chi connectivity index (χ4v) is 6.18. The van der Waals surface area contributed by atoms with Gasteiger partial charge in [-0.1, -0.05) is 77.9 Å². The van der Waals surface area contributed by atoms with Gasteiger partial charge in [-0.2, -0.15) is 0 Å². The summed E-state index contributed by atoms with van der Waals surface area (Å²) in [4.78, 5) is 20.9. The molecule has 0 aliphatic carbocycles. The molecule has 0 bridgehead atoms. The molecule has 43 heavy (non-hydrogen) atoms. The lowest BCUT2D eigenvalue weighted by Crippen LogP contribution is -2.38. The van der Waals surface area contributed by atoms with Gasteiger partial charge in [0, 0.05) is 74.0 Å². The summed E-state index contributed by atoms with van der Waals surface area (Å²) in [7, 11) is 0. The molecule has 7 nitrogen and oxygen atoms in total. The second-order valence-corrected chi connectivity index (χ2v) is 11.5. The largest absolute Gasteiger partial charge is 0.379 e. The summed E-state index contributed by atoms with van der Waals surface area (Å²) >= 11 is 0. The molecule has 0 spiro atoms. The first kappa shape index (κ1) is 28.9. The number of aryl methyl sites for hydroxylation is 3. The molecular formula is C36H41N5O2. The second-order valence-electron chi connectivity index (χ2n) is 11.5. The summed E-state index contributed by atoms with van der Waals surface area (Å²) in [6.45, 7) is 10.6. The Labute approximate surface area is 254 Å². The minimum atomic E-state index is -0.0950. The zero-order valence-corrected chi connectivity index (χ0v) is 25.2. The normalized spacial score (nSPS) is 14.0. The number of hydrogen-bond donors (Lipinski definition) is 1. The molecule has 1 aliphatic rings. The first-order chi connectivity index (χ1) is 21.1. The van der Waals surface area contributed by atoms with Gasteiger partial charge in [-0.3, -0.25) is 9.69 Å². The van der Waals surface area contributed by atoms with E-state index < -0.39 is 0 Å². The van der Waals surface area contributed by atoms with Crippen molar-refractivity contribution in [2.45, 2.75) is 39.3 Å². The number of nitrogens with zero attached hydrogens (tertiary/aromatic N) is 4. The van der Waals surface area contributed by atoms with Crippen LogP contribution in [-0.2, 0) is 17.8 Å². The van der Waals surface area contributed by atoms with Gasteiger partial charge in [0.1, 0.15) is 5.69 Å². The van der Waals surface area contributed by atoms with Crippen LogP contribution in [0, 0.1) is 13.8 Å². The monoisotopic (exact) mass is 575 g/mol. The van der Waals surface area contributed by atoms with Gasteiger partial charge in [0.2, 0.25) is 0 Å². The number of amides is 1. The van der Waals surface area contributed by atoms with E-state index in [1.54, 1.807) is 6.20 Å². The highest BCUT2D eigenvalue weighted by Gasteiger charge is 2.30. The molecule has 1 fully saturated rings. The maximum Gasteiger partial charge on any atom is 0.268 e. The Morgan fingerprint density at radius 3 is 2.21 bits per heavy atom. The van der Waals surface area contributed by atoms with Gasteiger partial charge in [-0.15, -0.1) is 0 Å². The quantitative estimate of drug-likeness (QED) is 0.203. The predicted octanol–water partition coefficient (Wildman–Crippen LogP) is 5.79. The third-order valence-corrected chi connectivity index (χ3v) is 8.52. The lowest BCUT2D eigenvalue weighted by atomic mass is 9.83. The van der Waals surface area contributed by atoms with Gasteiger partial charge in [0.05, 0.1) is 19.5 Å². The van der Waals surface area contributed by atoms with E-state index in [4.69, 9.17) is 4.74 Å². The van der Waals surface area contributed by atoms with Gasteiger partial charge in [0.25, 0.3) is 5.91 Å². The number of fused-ring (bicyclic) bond motifs is 1. The number of imidazole rings is 1.